The minimum Gasteiger partial charge on any atom is -0.296 e. The molecular formula is C5H9FO. The summed E-state index contributed by atoms with van der Waals surface area (Å²) in [6.07, 6.45) is -0.970. The van der Waals surface area contributed by atoms with Gasteiger partial charge in [-0.2, -0.15) is 0 Å². The Hall–Kier alpha value is -0.400. The van der Waals surface area contributed by atoms with Crippen LogP contribution in [0.25, 0.3) is 0 Å². The van der Waals surface area contributed by atoms with Gasteiger partial charge < -0.3 is 0 Å². The molecule has 0 fully saturated rings. The third-order valence-corrected chi connectivity index (χ3v) is 0.792. The number of carbonyl (C=O) groups excluding carboxylic acids is 1. The maximum atomic E-state index is 11.7. The van der Waals surface area contributed by atoms with Gasteiger partial charge in [-0.15, -0.1) is 0 Å². The molecule has 0 aliphatic rings. The smallest absolute Gasteiger partial charge is 0.166 e. The normalized spacial score (nSPS) is 13.6. The fraction of sp³-hybridized carbons (Fsp3) is 0.800. The van der Waals surface area contributed by atoms with Crippen LogP contribution in [0, 0.1) is 0 Å². The second-order valence-corrected chi connectivity index (χ2v) is 1.44. The zero-order chi connectivity index (χ0) is 5.86. The van der Waals surface area contributed by atoms with Crippen molar-refractivity contribution in [3.8, 4) is 0 Å². The molecule has 0 aromatic carbocycles. The van der Waals surface area contributed by atoms with Gasteiger partial charge in [-0.3, -0.25) is 4.79 Å². The van der Waals surface area contributed by atoms with Crippen LogP contribution in [0.4, 0.5) is 4.39 Å². The van der Waals surface area contributed by atoms with E-state index in [0.29, 0.717) is 6.42 Å². The van der Waals surface area contributed by atoms with E-state index in [2.05, 4.69) is 0 Å². The zero-order valence-electron chi connectivity index (χ0n) is 4.57. The summed E-state index contributed by atoms with van der Waals surface area (Å²) in [6, 6.07) is 0. The van der Waals surface area contributed by atoms with Crippen molar-refractivity contribution in [1.82, 2.24) is 0 Å². The lowest BCUT2D eigenvalue weighted by molar-refractivity contribution is -0.122. The summed E-state index contributed by atoms with van der Waals surface area (Å²) in [5, 5.41) is 0. The molecule has 2 heteroatoms. The van der Waals surface area contributed by atoms with Crippen LogP contribution in [0.1, 0.15) is 20.3 Å². The van der Waals surface area contributed by atoms with E-state index >= 15 is 0 Å². The summed E-state index contributed by atoms with van der Waals surface area (Å²) in [7, 11) is 0. The number of Topliss-reactive ketones (excluding diaryl/α,β-unsaturated/α-hetero) is 1. The quantitative estimate of drug-likeness (QED) is 0.516. The molecular weight excluding hydrogens is 95.1 g/mol. The summed E-state index contributed by atoms with van der Waals surface area (Å²) in [5.74, 6) is -0.319. The van der Waals surface area contributed by atoms with Crippen LogP contribution < -0.4 is 0 Å². The first kappa shape index (κ1) is 6.60. The molecule has 42 valence electrons. The number of rotatable bonds is 2. The third kappa shape index (κ3) is 2.31. The predicted octanol–water partition coefficient (Wildman–Crippen LogP) is 1.32. The lowest BCUT2D eigenvalue weighted by atomic mass is 10.2. The monoisotopic (exact) mass is 104 g/mol. The van der Waals surface area contributed by atoms with Gasteiger partial charge in [0.1, 0.15) is 0 Å². The van der Waals surface area contributed by atoms with E-state index in [4.69, 9.17) is 0 Å². The summed E-state index contributed by atoms with van der Waals surface area (Å²) in [6.45, 7) is 2.91. The average Bonchev–Trinajstić information content (AvgIpc) is 1.65. The number of carbonyl (C=O) groups is 1. The molecule has 1 atom stereocenters. The molecule has 0 heterocycles. The van der Waals surface area contributed by atoms with E-state index in [1.54, 1.807) is 6.92 Å². The SMILES string of the molecule is CCC(=O)C(C)F. The van der Waals surface area contributed by atoms with Crippen molar-refractivity contribution in [3.05, 3.63) is 0 Å². The molecule has 0 amide bonds. The second kappa shape index (κ2) is 2.72. The summed E-state index contributed by atoms with van der Waals surface area (Å²) in [4.78, 5) is 10.1. The van der Waals surface area contributed by atoms with Gasteiger partial charge in [0.15, 0.2) is 12.0 Å². The van der Waals surface area contributed by atoms with Crippen molar-refractivity contribution in [3.63, 3.8) is 0 Å². The van der Waals surface area contributed by atoms with E-state index in [-0.39, 0.29) is 5.78 Å². The molecule has 0 radical (unpaired) electrons. The van der Waals surface area contributed by atoms with Gasteiger partial charge in [0.2, 0.25) is 0 Å². The maximum Gasteiger partial charge on any atom is 0.166 e. The Morgan fingerprint density at radius 3 is 2.29 bits per heavy atom. The van der Waals surface area contributed by atoms with Crippen molar-refractivity contribution >= 4 is 5.78 Å². The fourth-order valence-corrected chi connectivity index (χ4v) is 0.281. The Morgan fingerprint density at radius 1 is 1.86 bits per heavy atom. The molecule has 1 nitrogen and oxygen atoms in total. The summed E-state index contributed by atoms with van der Waals surface area (Å²) in [5.41, 5.74) is 0. The molecule has 0 spiro atoms. The Labute approximate surface area is 42.5 Å². The Bertz CT molecular complexity index is 68.5. The number of hydrogen-bond donors (Lipinski definition) is 0. The van der Waals surface area contributed by atoms with Crippen LogP contribution in [0.5, 0.6) is 0 Å². The van der Waals surface area contributed by atoms with E-state index in [1.165, 1.54) is 6.92 Å². The van der Waals surface area contributed by atoms with E-state index in [9.17, 15) is 9.18 Å². The Morgan fingerprint density at radius 2 is 2.29 bits per heavy atom. The third-order valence-electron chi connectivity index (χ3n) is 0.792. The van der Waals surface area contributed by atoms with Gasteiger partial charge in [-0.05, 0) is 6.92 Å². The lowest BCUT2D eigenvalue weighted by Gasteiger charge is -1.92. The van der Waals surface area contributed by atoms with E-state index < -0.39 is 6.17 Å². The van der Waals surface area contributed by atoms with Crippen molar-refractivity contribution in [1.29, 1.82) is 0 Å². The predicted molar refractivity (Wildman–Crippen MR) is 25.9 cm³/mol. The molecule has 0 N–H and O–H groups in total. The number of halogens is 1. The van der Waals surface area contributed by atoms with Crippen molar-refractivity contribution < 1.29 is 9.18 Å². The highest BCUT2D eigenvalue weighted by Gasteiger charge is 2.05. The van der Waals surface area contributed by atoms with Gasteiger partial charge in [-0.25, -0.2) is 4.39 Å². The highest BCUT2D eigenvalue weighted by molar-refractivity contribution is 5.82. The summed E-state index contributed by atoms with van der Waals surface area (Å²) < 4.78 is 11.7. The van der Waals surface area contributed by atoms with Crippen molar-refractivity contribution in [2.75, 3.05) is 0 Å². The second-order valence-electron chi connectivity index (χ2n) is 1.44. The molecule has 0 aromatic heterocycles. The van der Waals surface area contributed by atoms with Crippen LogP contribution in [-0.2, 0) is 4.79 Å². The Balaban J connectivity index is 3.35. The number of hydrogen-bond acceptors (Lipinski definition) is 1. The van der Waals surface area contributed by atoms with Gasteiger partial charge in [-0.1, -0.05) is 6.92 Å². The van der Waals surface area contributed by atoms with Crippen LogP contribution in [0.15, 0.2) is 0 Å². The molecule has 0 aromatic rings. The van der Waals surface area contributed by atoms with Gasteiger partial charge >= 0.3 is 0 Å². The average molecular weight is 104 g/mol. The maximum absolute atomic E-state index is 11.7. The minimum atomic E-state index is -1.27. The highest BCUT2D eigenvalue weighted by Crippen LogP contribution is 1.92. The molecule has 0 bridgehead atoms. The molecule has 1 unspecified atom stereocenters. The van der Waals surface area contributed by atoms with E-state index in [1.807, 2.05) is 0 Å². The molecule has 0 saturated heterocycles. The van der Waals surface area contributed by atoms with Crippen molar-refractivity contribution in [2.24, 2.45) is 0 Å². The van der Waals surface area contributed by atoms with Crippen molar-refractivity contribution in [2.45, 2.75) is 26.4 Å². The van der Waals surface area contributed by atoms with Crippen LogP contribution >= 0.6 is 0 Å². The first-order valence-electron chi connectivity index (χ1n) is 2.35. The lowest BCUT2D eigenvalue weighted by Crippen LogP contribution is -2.08. The van der Waals surface area contributed by atoms with E-state index in [0.717, 1.165) is 0 Å². The Kier molecular flexibility index (Phi) is 2.56. The van der Waals surface area contributed by atoms with Crippen LogP contribution in [-0.4, -0.2) is 12.0 Å². The summed E-state index contributed by atoms with van der Waals surface area (Å²) >= 11 is 0. The fourth-order valence-electron chi connectivity index (χ4n) is 0.281. The molecule has 0 rings (SSSR count). The number of ketones is 1. The first-order valence-corrected chi connectivity index (χ1v) is 2.35. The topological polar surface area (TPSA) is 17.1 Å². The van der Waals surface area contributed by atoms with Crippen LogP contribution in [0.3, 0.4) is 0 Å². The zero-order valence-corrected chi connectivity index (χ0v) is 4.57. The molecule has 0 saturated carbocycles. The molecule has 0 aliphatic carbocycles. The highest BCUT2D eigenvalue weighted by atomic mass is 19.1. The molecule has 7 heavy (non-hydrogen) atoms. The van der Waals surface area contributed by atoms with Gasteiger partial charge in [0.25, 0.3) is 0 Å². The standard InChI is InChI=1S/C5H9FO/c1-3-5(7)4(2)6/h4H,3H2,1-2H3. The van der Waals surface area contributed by atoms with Gasteiger partial charge in [0, 0.05) is 6.42 Å². The van der Waals surface area contributed by atoms with Gasteiger partial charge in [0.05, 0.1) is 0 Å². The first-order chi connectivity index (χ1) is 3.18. The molecule has 0 aliphatic heterocycles. The minimum absolute atomic E-state index is 0.303. The number of alkyl halides is 1. The van der Waals surface area contributed by atoms with Crippen LogP contribution in [0.2, 0.25) is 0 Å². The largest absolute Gasteiger partial charge is 0.296 e.